The van der Waals surface area contributed by atoms with Crippen molar-refractivity contribution in [3.8, 4) is 16.4 Å². The fraction of sp³-hybridized carbons (Fsp3) is 0.211. The maximum atomic E-state index is 13.2. The molecule has 0 fully saturated rings. The summed E-state index contributed by atoms with van der Waals surface area (Å²) in [6.07, 6.45) is -4.51. The van der Waals surface area contributed by atoms with Crippen molar-refractivity contribution < 1.29 is 22.5 Å². The van der Waals surface area contributed by atoms with Gasteiger partial charge in [0.25, 0.3) is 5.91 Å². The molecule has 0 unspecified atom stereocenters. The van der Waals surface area contributed by atoms with Crippen LogP contribution >= 0.6 is 11.3 Å². The third-order valence-corrected chi connectivity index (χ3v) is 5.12. The van der Waals surface area contributed by atoms with Gasteiger partial charge in [-0.15, -0.1) is 16.4 Å². The van der Waals surface area contributed by atoms with Crippen molar-refractivity contribution in [3.63, 3.8) is 0 Å². The number of nitrogens with zero attached hydrogens (tertiary/aromatic N) is 6. The van der Waals surface area contributed by atoms with E-state index < -0.39 is 17.6 Å². The molecule has 31 heavy (non-hydrogen) atoms. The molecule has 0 aliphatic heterocycles. The first kappa shape index (κ1) is 20.7. The average Bonchev–Trinajstić information content (AvgIpc) is 3.47. The molecule has 0 aliphatic rings. The van der Waals surface area contributed by atoms with Crippen LogP contribution in [0, 0.1) is 6.92 Å². The summed E-state index contributed by atoms with van der Waals surface area (Å²) in [5.41, 5.74) is -0.684. The molecule has 12 heteroatoms. The molecular formula is C19H15F3N6O2S. The number of alkyl halides is 3. The van der Waals surface area contributed by atoms with E-state index in [0.717, 1.165) is 12.1 Å². The molecule has 0 saturated heterocycles. The number of amides is 1. The van der Waals surface area contributed by atoms with Gasteiger partial charge in [-0.3, -0.25) is 4.79 Å². The Morgan fingerprint density at radius 1 is 1.23 bits per heavy atom. The number of aryl methyl sites for hydroxylation is 1. The SMILES string of the molecule is Cc1nc(CN(C)C(=O)c2nc(-c3cccs3)n(-c3cccc(C(F)(F)F)c3)n2)no1. The Hall–Kier alpha value is -3.54. The van der Waals surface area contributed by atoms with Crippen LogP contribution in [0.4, 0.5) is 13.2 Å². The van der Waals surface area contributed by atoms with Gasteiger partial charge in [0.2, 0.25) is 11.7 Å². The number of benzene rings is 1. The van der Waals surface area contributed by atoms with Gasteiger partial charge in [0, 0.05) is 14.0 Å². The van der Waals surface area contributed by atoms with E-state index in [2.05, 4.69) is 20.2 Å². The van der Waals surface area contributed by atoms with E-state index >= 15 is 0 Å². The second-order valence-electron chi connectivity index (χ2n) is 6.59. The molecule has 0 aliphatic carbocycles. The predicted molar refractivity (Wildman–Crippen MR) is 105 cm³/mol. The standard InChI is InChI=1S/C19H15F3N6O2S/c1-11-23-15(26-30-11)10-27(2)18(29)16-24-17(14-7-4-8-31-14)28(25-16)13-6-3-5-12(9-13)19(20,21)22/h3-9H,10H2,1-2H3. The first-order chi connectivity index (χ1) is 14.7. The van der Waals surface area contributed by atoms with Crippen molar-refractivity contribution in [1.82, 2.24) is 29.8 Å². The summed E-state index contributed by atoms with van der Waals surface area (Å²) in [5, 5.41) is 9.76. The maximum absolute atomic E-state index is 13.2. The highest BCUT2D eigenvalue weighted by atomic mass is 32.1. The third kappa shape index (κ3) is 4.33. The minimum Gasteiger partial charge on any atom is -0.340 e. The van der Waals surface area contributed by atoms with Gasteiger partial charge in [0.05, 0.1) is 22.7 Å². The Morgan fingerprint density at radius 3 is 2.68 bits per heavy atom. The van der Waals surface area contributed by atoms with Crippen LogP contribution in [0.25, 0.3) is 16.4 Å². The lowest BCUT2D eigenvalue weighted by Gasteiger charge is -2.12. The summed E-state index contributed by atoms with van der Waals surface area (Å²) in [5.74, 6) is 0.239. The molecule has 0 saturated carbocycles. The van der Waals surface area contributed by atoms with Crippen LogP contribution in [-0.4, -0.2) is 42.8 Å². The predicted octanol–water partition coefficient (Wildman–Crippen LogP) is 3.98. The summed E-state index contributed by atoms with van der Waals surface area (Å²) >= 11 is 1.33. The number of aromatic nitrogens is 5. The van der Waals surface area contributed by atoms with E-state index in [1.165, 1.54) is 40.1 Å². The van der Waals surface area contributed by atoms with Crippen molar-refractivity contribution in [2.75, 3.05) is 7.05 Å². The quantitative estimate of drug-likeness (QED) is 0.459. The largest absolute Gasteiger partial charge is 0.416 e. The summed E-state index contributed by atoms with van der Waals surface area (Å²) in [7, 11) is 1.52. The molecule has 1 aromatic carbocycles. The van der Waals surface area contributed by atoms with Crippen LogP contribution in [-0.2, 0) is 12.7 Å². The van der Waals surface area contributed by atoms with Crippen LogP contribution in [0.15, 0.2) is 46.3 Å². The van der Waals surface area contributed by atoms with E-state index in [-0.39, 0.29) is 23.9 Å². The van der Waals surface area contributed by atoms with Crippen molar-refractivity contribution >= 4 is 17.2 Å². The normalized spacial score (nSPS) is 11.6. The number of hydrogen-bond donors (Lipinski definition) is 0. The van der Waals surface area contributed by atoms with Gasteiger partial charge in [-0.25, -0.2) is 9.67 Å². The number of carbonyl (C=O) groups excluding carboxylic acids is 1. The van der Waals surface area contributed by atoms with Crippen LogP contribution < -0.4 is 0 Å². The number of carbonyl (C=O) groups is 1. The van der Waals surface area contributed by atoms with E-state index in [0.29, 0.717) is 16.6 Å². The maximum Gasteiger partial charge on any atom is 0.416 e. The first-order valence-electron chi connectivity index (χ1n) is 8.95. The minimum absolute atomic E-state index is 0.0581. The Bertz CT molecular complexity index is 1220. The lowest BCUT2D eigenvalue weighted by molar-refractivity contribution is -0.137. The van der Waals surface area contributed by atoms with E-state index in [9.17, 15) is 18.0 Å². The molecule has 3 heterocycles. The van der Waals surface area contributed by atoms with Gasteiger partial charge < -0.3 is 9.42 Å². The Balaban J connectivity index is 1.72. The Labute approximate surface area is 177 Å². The zero-order valence-corrected chi connectivity index (χ0v) is 17.1. The van der Waals surface area contributed by atoms with Gasteiger partial charge in [-0.2, -0.15) is 18.2 Å². The molecule has 0 atom stereocenters. The van der Waals surface area contributed by atoms with Crippen molar-refractivity contribution in [2.45, 2.75) is 19.6 Å². The fourth-order valence-electron chi connectivity index (χ4n) is 2.82. The minimum atomic E-state index is -4.51. The Morgan fingerprint density at radius 2 is 2.03 bits per heavy atom. The van der Waals surface area contributed by atoms with Gasteiger partial charge in [-0.1, -0.05) is 17.3 Å². The number of halogens is 3. The molecule has 0 N–H and O–H groups in total. The zero-order valence-electron chi connectivity index (χ0n) is 16.3. The fourth-order valence-corrected chi connectivity index (χ4v) is 3.52. The first-order valence-corrected chi connectivity index (χ1v) is 9.83. The number of thiophene rings is 1. The molecule has 0 radical (unpaired) electrons. The molecule has 8 nitrogen and oxygen atoms in total. The zero-order chi connectivity index (χ0) is 22.2. The third-order valence-electron chi connectivity index (χ3n) is 4.25. The Kier molecular flexibility index (Phi) is 5.31. The van der Waals surface area contributed by atoms with Crippen LogP contribution in [0.3, 0.4) is 0 Å². The second-order valence-corrected chi connectivity index (χ2v) is 7.53. The van der Waals surface area contributed by atoms with Gasteiger partial charge in [-0.05, 0) is 29.6 Å². The van der Waals surface area contributed by atoms with Crippen LogP contribution in [0.1, 0.15) is 27.9 Å². The lowest BCUT2D eigenvalue weighted by Crippen LogP contribution is -2.27. The molecule has 4 aromatic rings. The van der Waals surface area contributed by atoms with Crippen LogP contribution in [0.2, 0.25) is 0 Å². The van der Waals surface area contributed by atoms with Gasteiger partial charge in [0.15, 0.2) is 11.6 Å². The summed E-state index contributed by atoms with van der Waals surface area (Å²) in [6.45, 7) is 1.69. The smallest absolute Gasteiger partial charge is 0.340 e. The van der Waals surface area contributed by atoms with E-state index in [1.807, 2.05) is 0 Å². The monoisotopic (exact) mass is 448 g/mol. The van der Waals surface area contributed by atoms with Crippen molar-refractivity contribution in [1.29, 1.82) is 0 Å². The van der Waals surface area contributed by atoms with Gasteiger partial charge in [0.1, 0.15) is 0 Å². The highest BCUT2D eigenvalue weighted by Crippen LogP contribution is 2.32. The molecule has 0 spiro atoms. The van der Waals surface area contributed by atoms with Gasteiger partial charge >= 0.3 is 6.18 Å². The summed E-state index contributed by atoms with van der Waals surface area (Å²) in [6, 6.07) is 8.21. The van der Waals surface area contributed by atoms with Crippen molar-refractivity contribution in [3.05, 3.63) is 64.9 Å². The molecule has 3 aromatic heterocycles. The molecule has 4 rings (SSSR count). The lowest BCUT2D eigenvalue weighted by atomic mass is 10.2. The number of hydrogen-bond acceptors (Lipinski definition) is 7. The molecule has 1 amide bonds. The summed E-state index contributed by atoms with van der Waals surface area (Å²) in [4.78, 5) is 23.2. The average molecular weight is 448 g/mol. The highest BCUT2D eigenvalue weighted by molar-refractivity contribution is 7.13. The molecular weight excluding hydrogens is 433 g/mol. The molecule has 0 bridgehead atoms. The topological polar surface area (TPSA) is 89.9 Å². The molecule has 160 valence electrons. The van der Waals surface area contributed by atoms with E-state index in [1.54, 1.807) is 24.4 Å². The van der Waals surface area contributed by atoms with Crippen molar-refractivity contribution in [2.24, 2.45) is 0 Å². The highest BCUT2D eigenvalue weighted by Gasteiger charge is 2.31. The van der Waals surface area contributed by atoms with E-state index in [4.69, 9.17) is 4.52 Å². The second kappa shape index (κ2) is 7.95. The number of rotatable bonds is 5. The summed E-state index contributed by atoms with van der Waals surface area (Å²) < 4.78 is 45.7. The van der Waals surface area contributed by atoms with Crippen LogP contribution in [0.5, 0.6) is 0 Å².